The first-order valence-electron chi connectivity index (χ1n) is 7.63. The molecule has 2 aromatic rings. The molecule has 0 amide bonds. The van der Waals surface area contributed by atoms with Crippen LogP contribution in [0, 0.1) is 0 Å². The van der Waals surface area contributed by atoms with Gasteiger partial charge in [0.2, 0.25) is 0 Å². The molecular formula is C18H21Cl2NO2. The summed E-state index contributed by atoms with van der Waals surface area (Å²) in [4.78, 5) is 0. The quantitative estimate of drug-likeness (QED) is 0.737. The lowest BCUT2D eigenvalue weighted by Crippen LogP contribution is -2.31. The molecule has 2 aromatic carbocycles. The molecule has 5 heteroatoms. The number of nitrogens with one attached hydrogen (secondary N) is 1. The topological polar surface area (TPSA) is 41.5 Å². The Morgan fingerprint density at radius 2 is 1.74 bits per heavy atom. The van der Waals surface area contributed by atoms with Gasteiger partial charge >= 0.3 is 0 Å². The van der Waals surface area contributed by atoms with Crippen LogP contribution in [-0.4, -0.2) is 17.8 Å². The molecule has 0 heterocycles. The zero-order valence-electron chi connectivity index (χ0n) is 13.1. The molecule has 0 bridgehead atoms. The number of aliphatic hydroxyl groups is 1. The van der Waals surface area contributed by atoms with Crippen molar-refractivity contribution in [2.75, 3.05) is 6.61 Å². The van der Waals surface area contributed by atoms with Crippen molar-refractivity contribution in [1.29, 1.82) is 0 Å². The Balaban J connectivity index is 1.90. The van der Waals surface area contributed by atoms with Crippen molar-refractivity contribution in [1.82, 2.24) is 5.32 Å². The minimum atomic E-state index is 0.133. The molecule has 0 saturated heterocycles. The van der Waals surface area contributed by atoms with Crippen LogP contribution in [0.4, 0.5) is 0 Å². The van der Waals surface area contributed by atoms with Crippen LogP contribution in [0.15, 0.2) is 42.5 Å². The summed E-state index contributed by atoms with van der Waals surface area (Å²) in [5.74, 6) is 0.763. The summed E-state index contributed by atoms with van der Waals surface area (Å²) in [7, 11) is 0. The molecule has 0 aliphatic rings. The molecule has 0 unspecified atom stereocenters. The highest BCUT2D eigenvalue weighted by Crippen LogP contribution is 2.25. The predicted octanol–water partition coefficient (Wildman–Crippen LogP) is 4.43. The van der Waals surface area contributed by atoms with Crippen LogP contribution in [0.25, 0.3) is 0 Å². The summed E-state index contributed by atoms with van der Waals surface area (Å²) in [5, 5.41) is 13.7. The van der Waals surface area contributed by atoms with Gasteiger partial charge in [-0.15, -0.1) is 0 Å². The van der Waals surface area contributed by atoms with Crippen LogP contribution in [-0.2, 0) is 13.2 Å². The molecular weight excluding hydrogens is 333 g/mol. The normalized spacial score (nSPS) is 12.2. The van der Waals surface area contributed by atoms with Gasteiger partial charge in [-0.2, -0.15) is 0 Å². The number of benzene rings is 2. The first kappa shape index (κ1) is 18.1. The fourth-order valence-electron chi connectivity index (χ4n) is 2.13. The van der Waals surface area contributed by atoms with E-state index in [1.165, 1.54) is 0 Å². The highest BCUT2D eigenvalue weighted by Gasteiger charge is 2.07. The second-order valence-corrected chi connectivity index (χ2v) is 6.12. The summed E-state index contributed by atoms with van der Waals surface area (Å²) < 4.78 is 5.75. The smallest absolute Gasteiger partial charge is 0.119 e. The predicted molar refractivity (Wildman–Crippen MR) is 95.2 cm³/mol. The van der Waals surface area contributed by atoms with Crippen LogP contribution in [0.1, 0.15) is 24.5 Å². The van der Waals surface area contributed by atoms with Gasteiger partial charge in [-0.3, -0.25) is 0 Å². The van der Waals surface area contributed by atoms with E-state index in [0.29, 0.717) is 16.7 Å². The van der Waals surface area contributed by atoms with Gasteiger partial charge in [0.25, 0.3) is 0 Å². The van der Waals surface area contributed by atoms with Gasteiger partial charge in [0.1, 0.15) is 12.4 Å². The number of ether oxygens (including phenoxy) is 1. The minimum Gasteiger partial charge on any atom is -0.489 e. The molecule has 23 heavy (non-hydrogen) atoms. The lowest BCUT2D eigenvalue weighted by Gasteiger charge is -2.14. The van der Waals surface area contributed by atoms with Crippen molar-refractivity contribution in [3.8, 4) is 5.75 Å². The van der Waals surface area contributed by atoms with Crippen LogP contribution < -0.4 is 10.1 Å². The lowest BCUT2D eigenvalue weighted by molar-refractivity contribution is 0.238. The largest absolute Gasteiger partial charge is 0.489 e. The van der Waals surface area contributed by atoms with E-state index in [4.69, 9.17) is 33.0 Å². The van der Waals surface area contributed by atoms with Crippen molar-refractivity contribution >= 4 is 23.2 Å². The molecule has 0 spiro atoms. The molecule has 0 radical (unpaired) electrons. The SMILES string of the molecule is CC[C@@H](CO)NCc1ccc(OCc2c(Cl)cccc2Cl)cc1. The maximum absolute atomic E-state index is 9.17. The third-order valence-corrected chi connectivity index (χ3v) is 4.38. The van der Waals surface area contributed by atoms with Gasteiger partial charge in [0.15, 0.2) is 0 Å². The van der Waals surface area contributed by atoms with Crippen LogP contribution in [0.3, 0.4) is 0 Å². The summed E-state index contributed by atoms with van der Waals surface area (Å²) in [5.41, 5.74) is 1.93. The Hall–Kier alpha value is -1.26. The van der Waals surface area contributed by atoms with Crippen molar-refractivity contribution in [2.24, 2.45) is 0 Å². The number of rotatable bonds is 8. The zero-order chi connectivity index (χ0) is 16.7. The Morgan fingerprint density at radius 3 is 2.30 bits per heavy atom. The van der Waals surface area contributed by atoms with Gasteiger partial charge in [-0.25, -0.2) is 0 Å². The first-order valence-corrected chi connectivity index (χ1v) is 8.38. The highest BCUT2D eigenvalue weighted by molar-refractivity contribution is 6.35. The fraction of sp³-hybridized carbons (Fsp3) is 0.333. The monoisotopic (exact) mass is 353 g/mol. The molecule has 0 saturated carbocycles. The van der Waals surface area contributed by atoms with Crippen molar-refractivity contribution in [3.05, 3.63) is 63.6 Å². The molecule has 0 fully saturated rings. The zero-order valence-corrected chi connectivity index (χ0v) is 14.6. The van der Waals surface area contributed by atoms with Crippen molar-refractivity contribution < 1.29 is 9.84 Å². The third kappa shape index (κ3) is 5.40. The van der Waals surface area contributed by atoms with Crippen molar-refractivity contribution in [2.45, 2.75) is 32.5 Å². The second-order valence-electron chi connectivity index (χ2n) is 5.30. The van der Waals surface area contributed by atoms with Gasteiger partial charge in [0.05, 0.1) is 6.61 Å². The Bertz CT molecular complexity index is 593. The maximum atomic E-state index is 9.17. The van der Waals surface area contributed by atoms with Crippen molar-refractivity contribution in [3.63, 3.8) is 0 Å². The average Bonchev–Trinajstić information content (AvgIpc) is 2.56. The van der Waals surface area contributed by atoms with E-state index in [0.717, 1.165) is 29.8 Å². The lowest BCUT2D eigenvalue weighted by atomic mass is 10.2. The standard InChI is InChI=1S/C18H21Cl2NO2/c1-2-14(11-22)21-10-13-6-8-15(9-7-13)23-12-16-17(19)4-3-5-18(16)20/h3-9,14,21-22H,2,10-12H2,1H3/t14-/m0/s1. The van der Waals surface area contributed by atoms with E-state index in [2.05, 4.69) is 5.32 Å². The van der Waals surface area contributed by atoms with Gasteiger partial charge < -0.3 is 15.2 Å². The van der Waals surface area contributed by atoms with E-state index in [-0.39, 0.29) is 12.6 Å². The average molecular weight is 354 g/mol. The fourth-order valence-corrected chi connectivity index (χ4v) is 2.64. The third-order valence-electron chi connectivity index (χ3n) is 3.68. The number of halogens is 2. The molecule has 1 atom stereocenters. The summed E-state index contributed by atoms with van der Waals surface area (Å²) in [6.45, 7) is 3.25. The second kappa shape index (κ2) is 9.14. The van der Waals surface area contributed by atoms with E-state index < -0.39 is 0 Å². The van der Waals surface area contributed by atoms with E-state index in [9.17, 15) is 0 Å². The number of hydrogen-bond donors (Lipinski definition) is 2. The van der Waals surface area contributed by atoms with E-state index >= 15 is 0 Å². The van der Waals surface area contributed by atoms with Gasteiger partial charge in [-0.1, -0.05) is 48.3 Å². The Labute approximate surface area is 147 Å². The molecule has 2 N–H and O–H groups in total. The van der Waals surface area contributed by atoms with Gasteiger partial charge in [0, 0.05) is 28.2 Å². The Morgan fingerprint density at radius 1 is 1.09 bits per heavy atom. The Kier molecular flexibility index (Phi) is 7.18. The summed E-state index contributed by atoms with van der Waals surface area (Å²) in [6.07, 6.45) is 0.899. The maximum Gasteiger partial charge on any atom is 0.119 e. The number of hydrogen-bond acceptors (Lipinski definition) is 3. The van der Waals surface area contributed by atoms with Crippen LogP contribution in [0.5, 0.6) is 5.75 Å². The first-order chi connectivity index (χ1) is 11.1. The summed E-state index contributed by atoms with van der Waals surface area (Å²) >= 11 is 12.3. The van der Waals surface area contributed by atoms with Crippen LogP contribution in [0.2, 0.25) is 10.0 Å². The van der Waals surface area contributed by atoms with Crippen LogP contribution >= 0.6 is 23.2 Å². The molecule has 124 valence electrons. The van der Waals surface area contributed by atoms with E-state index in [1.807, 2.05) is 37.3 Å². The number of aliphatic hydroxyl groups excluding tert-OH is 1. The molecule has 2 rings (SSSR count). The summed E-state index contributed by atoms with van der Waals surface area (Å²) in [6, 6.07) is 13.4. The van der Waals surface area contributed by atoms with Gasteiger partial charge in [-0.05, 0) is 36.2 Å². The minimum absolute atomic E-state index is 0.133. The molecule has 0 aliphatic carbocycles. The molecule has 3 nitrogen and oxygen atoms in total. The molecule has 0 aliphatic heterocycles. The molecule has 0 aromatic heterocycles. The van der Waals surface area contributed by atoms with E-state index in [1.54, 1.807) is 12.1 Å². The highest BCUT2D eigenvalue weighted by atomic mass is 35.5.